The molecule has 0 saturated heterocycles. The molecule has 0 N–H and O–H groups in total. The van der Waals surface area contributed by atoms with Crippen LogP contribution in [-0.2, 0) is 4.74 Å². The lowest BCUT2D eigenvalue weighted by atomic mass is 10.0. The van der Waals surface area contributed by atoms with Crippen LogP contribution in [0.4, 0.5) is 0 Å². The predicted molar refractivity (Wildman–Crippen MR) is 88.5 cm³/mol. The molecule has 110 valence electrons. The number of rotatable bonds is 7. The molecular weight excluding hydrogens is 288 g/mol. The van der Waals surface area contributed by atoms with Crippen LogP contribution >= 0.6 is 23.1 Å². The fourth-order valence-corrected chi connectivity index (χ4v) is 4.08. The largest absolute Gasteiger partial charge is 0.461 e. The number of hydrogen-bond acceptors (Lipinski definition) is 4. The Hall–Kier alpha value is -0.740. The Kier molecular flexibility index (Phi) is 6.17. The molecular formula is C16H22O2S2. The van der Waals surface area contributed by atoms with Crippen LogP contribution in [0.15, 0.2) is 6.07 Å². The normalized spacial score (nSPS) is 14.9. The summed E-state index contributed by atoms with van der Waals surface area (Å²) in [4.78, 5) is 12.8. The Labute approximate surface area is 128 Å². The van der Waals surface area contributed by atoms with Crippen LogP contribution in [0.5, 0.6) is 0 Å². The quantitative estimate of drug-likeness (QED) is 0.722. The molecule has 0 fully saturated rings. The second-order valence-corrected chi connectivity index (χ2v) is 7.09. The highest BCUT2D eigenvalue weighted by atomic mass is 32.2. The van der Waals surface area contributed by atoms with Crippen LogP contribution < -0.4 is 9.75 Å². The number of esters is 1. The minimum Gasteiger partial charge on any atom is -0.461 e. The number of hydrogen-bond donors (Lipinski definition) is 0. The van der Waals surface area contributed by atoms with Crippen molar-refractivity contribution in [2.24, 2.45) is 5.92 Å². The minimum atomic E-state index is -0.161. The maximum absolute atomic E-state index is 12.1. The molecule has 1 atom stereocenters. The average Bonchev–Trinajstić information content (AvgIpc) is 2.91. The van der Waals surface area contributed by atoms with Gasteiger partial charge >= 0.3 is 5.97 Å². The Bertz CT molecular complexity index is 526. The SMILES string of the molecule is CCCCC(CC)COC(=O)c1cc2c(s1)=CSCC=2. The molecule has 20 heavy (non-hydrogen) atoms. The summed E-state index contributed by atoms with van der Waals surface area (Å²) in [6.45, 7) is 4.92. The van der Waals surface area contributed by atoms with E-state index in [2.05, 4.69) is 25.3 Å². The lowest BCUT2D eigenvalue weighted by Crippen LogP contribution is -2.19. The molecule has 0 radical (unpaired) electrons. The molecule has 0 bridgehead atoms. The molecule has 0 spiro atoms. The van der Waals surface area contributed by atoms with Crippen LogP contribution in [0.2, 0.25) is 0 Å². The number of ether oxygens (including phenoxy) is 1. The summed E-state index contributed by atoms with van der Waals surface area (Å²) in [5, 5.41) is 3.31. The fourth-order valence-electron chi connectivity index (χ4n) is 2.20. The topological polar surface area (TPSA) is 26.3 Å². The molecule has 4 heteroatoms. The molecule has 1 aromatic rings. The third kappa shape index (κ3) is 4.13. The highest BCUT2D eigenvalue weighted by molar-refractivity contribution is 8.07. The van der Waals surface area contributed by atoms with Gasteiger partial charge in [-0.1, -0.05) is 39.2 Å². The molecule has 1 aliphatic rings. The van der Waals surface area contributed by atoms with E-state index in [4.69, 9.17) is 4.74 Å². The van der Waals surface area contributed by atoms with Crippen LogP contribution in [-0.4, -0.2) is 18.3 Å². The zero-order valence-corrected chi connectivity index (χ0v) is 13.8. The van der Waals surface area contributed by atoms with Gasteiger partial charge in [0.1, 0.15) is 4.88 Å². The van der Waals surface area contributed by atoms with Gasteiger partial charge in [0.05, 0.1) is 6.61 Å². The van der Waals surface area contributed by atoms with Crippen molar-refractivity contribution < 1.29 is 9.53 Å². The molecule has 2 rings (SSSR count). The second kappa shape index (κ2) is 7.89. The van der Waals surface area contributed by atoms with Gasteiger partial charge in [0.2, 0.25) is 0 Å². The van der Waals surface area contributed by atoms with Crippen molar-refractivity contribution in [2.75, 3.05) is 12.4 Å². The average molecular weight is 310 g/mol. The second-order valence-electron chi connectivity index (χ2n) is 5.10. The van der Waals surface area contributed by atoms with Gasteiger partial charge in [0, 0.05) is 10.3 Å². The van der Waals surface area contributed by atoms with Gasteiger partial charge < -0.3 is 4.74 Å². The van der Waals surface area contributed by atoms with Crippen LogP contribution in [0.3, 0.4) is 0 Å². The monoisotopic (exact) mass is 310 g/mol. The van der Waals surface area contributed by atoms with Crippen molar-refractivity contribution in [1.82, 2.24) is 0 Å². The van der Waals surface area contributed by atoms with E-state index < -0.39 is 0 Å². The van der Waals surface area contributed by atoms with Gasteiger partial charge in [-0.05, 0) is 29.0 Å². The first-order valence-corrected chi connectivity index (χ1v) is 9.20. The Balaban J connectivity index is 1.93. The highest BCUT2D eigenvalue weighted by Crippen LogP contribution is 2.15. The van der Waals surface area contributed by atoms with E-state index in [0.717, 1.165) is 23.5 Å². The molecule has 0 saturated carbocycles. The number of carbonyl (C=O) groups is 1. The standard InChI is InChI=1S/C16H22O2S2/c1-3-5-6-12(4-2)10-18-16(17)14-9-13-7-8-19-11-15(13)20-14/h7,9,11-12H,3-6,8,10H2,1-2H3. The fraction of sp³-hybridized carbons (Fsp3) is 0.562. The van der Waals surface area contributed by atoms with Gasteiger partial charge in [-0.15, -0.1) is 23.1 Å². The third-order valence-corrected chi connectivity index (χ3v) is 5.56. The van der Waals surface area contributed by atoms with E-state index in [1.807, 2.05) is 6.07 Å². The van der Waals surface area contributed by atoms with Gasteiger partial charge in [0.25, 0.3) is 0 Å². The first-order valence-electron chi connectivity index (χ1n) is 7.33. The van der Waals surface area contributed by atoms with Crippen LogP contribution in [0.25, 0.3) is 11.5 Å². The molecule has 0 amide bonds. The van der Waals surface area contributed by atoms with Crippen molar-refractivity contribution in [3.05, 3.63) is 20.7 Å². The van der Waals surface area contributed by atoms with Gasteiger partial charge in [-0.25, -0.2) is 4.79 Å². The molecule has 2 nitrogen and oxygen atoms in total. The predicted octanol–water partition coefficient (Wildman–Crippen LogP) is 3.39. The summed E-state index contributed by atoms with van der Waals surface area (Å²) in [7, 11) is 0. The smallest absolute Gasteiger partial charge is 0.348 e. The zero-order chi connectivity index (χ0) is 14.4. The maximum atomic E-state index is 12.1. The first kappa shape index (κ1) is 15.6. The molecule has 1 aliphatic heterocycles. The highest BCUT2D eigenvalue weighted by Gasteiger charge is 2.14. The third-order valence-electron chi connectivity index (χ3n) is 3.58. The molecule has 1 aromatic heterocycles. The summed E-state index contributed by atoms with van der Waals surface area (Å²) in [5.41, 5.74) is 0. The van der Waals surface area contributed by atoms with E-state index in [0.29, 0.717) is 12.5 Å². The van der Waals surface area contributed by atoms with Crippen molar-refractivity contribution >= 4 is 40.6 Å². The van der Waals surface area contributed by atoms with Crippen molar-refractivity contribution in [1.29, 1.82) is 0 Å². The van der Waals surface area contributed by atoms with E-state index >= 15 is 0 Å². The van der Waals surface area contributed by atoms with Crippen LogP contribution in [0.1, 0.15) is 49.2 Å². The minimum absolute atomic E-state index is 0.161. The van der Waals surface area contributed by atoms with Gasteiger partial charge in [-0.2, -0.15) is 0 Å². The summed E-state index contributed by atoms with van der Waals surface area (Å²) >= 11 is 3.31. The van der Waals surface area contributed by atoms with E-state index in [-0.39, 0.29) is 5.97 Å². The maximum Gasteiger partial charge on any atom is 0.348 e. The Morgan fingerprint density at radius 1 is 1.45 bits per heavy atom. The van der Waals surface area contributed by atoms with Gasteiger partial charge in [-0.3, -0.25) is 0 Å². The first-order chi connectivity index (χ1) is 9.74. The van der Waals surface area contributed by atoms with E-state index in [9.17, 15) is 4.79 Å². The zero-order valence-electron chi connectivity index (χ0n) is 12.2. The molecule has 1 unspecified atom stereocenters. The number of fused-ring (bicyclic) bond motifs is 1. The lowest BCUT2D eigenvalue weighted by molar-refractivity contribution is 0.0434. The van der Waals surface area contributed by atoms with Crippen molar-refractivity contribution in [2.45, 2.75) is 39.5 Å². The Morgan fingerprint density at radius 3 is 3.00 bits per heavy atom. The van der Waals surface area contributed by atoms with Gasteiger partial charge in [0.15, 0.2) is 0 Å². The lowest BCUT2D eigenvalue weighted by Gasteiger charge is -2.13. The number of thiophene rings is 1. The molecule has 0 aliphatic carbocycles. The summed E-state index contributed by atoms with van der Waals surface area (Å²) in [6.07, 6.45) is 6.81. The molecule has 2 heterocycles. The number of carbonyl (C=O) groups excluding carboxylic acids is 1. The number of thioether (sulfide) groups is 1. The van der Waals surface area contributed by atoms with Crippen LogP contribution in [0, 0.1) is 5.92 Å². The molecule has 0 aromatic carbocycles. The van der Waals surface area contributed by atoms with Crippen molar-refractivity contribution in [3.63, 3.8) is 0 Å². The van der Waals surface area contributed by atoms with E-state index in [1.165, 1.54) is 33.9 Å². The number of unbranched alkanes of at least 4 members (excludes halogenated alkanes) is 1. The van der Waals surface area contributed by atoms with Crippen molar-refractivity contribution in [3.8, 4) is 0 Å². The summed E-state index contributed by atoms with van der Waals surface area (Å²) < 4.78 is 6.68. The summed E-state index contributed by atoms with van der Waals surface area (Å²) in [6, 6.07) is 1.96. The van der Waals surface area contributed by atoms with E-state index in [1.54, 1.807) is 11.8 Å². The summed E-state index contributed by atoms with van der Waals surface area (Å²) in [5.74, 6) is 1.33. The Morgan fingerprint density at radius 2 is 2.30 bits per heavy atom.